The number of benzene rings is 3. The maximum atomic E-state index is 12.5. The zero-order chi connectivity index (χ0) is 19.9. The van der Waals surface area contributed by atoms with Crippen molar-refractivity contribution in [1.29, 1.82) is 0 Å². The zero-order valence-electron chi connectivity index (χ0n) is 14.6. The highest BCUT2D eigenvalue weighted by Crippen LogP contribution is 2.20. The van der Waals surface area contributed by atoms with Crippen molar-refractivity contribution < 1.29 is 14.7 Å². The van der Waals surface area contributed by atoms with Crippen molar-refractivity contribution in [2.24, 2.45) is 5.10 Å². The average molecular weight is 394 g/mol. The van der Waals surface area contributed by atoms with E-state index in [0.717, 1.165) is 0 Å². The quantitative estimate of drug-likeness (QED) is 0.451. The van der Waals surface area contributed by atoms with Crippen LogP contribution in [0.25, 0.3) is 0 Å². The van der Waals surface area contributed by atoms with Crippen LogP contribution in [0.15, 0.2) is 77.9 Å². The van der Waals surface area contributed by atoms with Crippen molar-refractivity contribution >= 4 is 35.3 Å². The van der Waals surface area contributed by atoms with Gasteiger partial charge >= 0.3 is 0 Å². The summed E-state index contributed by atoms with van der Waals surface area (Å²) in [6, 6.07) is 19.8. The fraction of sp³-hybridized carbons (Fsp3) is 0. The predicted octanol–water partition coefficient (Wildman–Crippen LogP) is 4.06. The molecule has 0 unspecified atom stereocenters. The number of hydrogen-bond donors (Lipinski definition) is 3. The van der Waals surface area contributed by atoms with Crippen LogP contribution < -0.4 is 10.7 Å². The number of hydrazone groups is 1. The molecule has 3 N–H and O–H groups in total. The maximum Gasteiger partial charge on any atom is 0.273 e. The first-order chi connectivity index (χ1) is 13.6. The fourth-order valence-corrected chi connectivity index (χ4v) is 2.66. The molecule has 0 aliphatic carbocycles. The van der Waals surface area contributed by atoms with E-state index >= 15 is 0 Å². The molecule has 0 saturated carbocycles. The molecule has 3 aromatic rings. The largest absolute Gasteiger partial charge is 0.507 e. The first kappa shape index (κ1) is 19.1. The Hall–Kier alpha value is -3.64. The molecular formula is C21H16ClN3O3. The second-order valence-corrected chi connectivity index (χ2v) is 6.14. The molecule has 0 atom stereocenters. The van der Waals surface area contributed by atoms with Crippen LogP contribution in [0.3, 0.4) is 0 Å². The highest BCUT2D eigenvalue weighted by Gasteiger charge is 2.15. The molecular weight excluding hydrogens is 378 g/mol. The summed E-state index contributed by atoms with van der Waals surface area (Å²) in [6.07, 6.45) is 1.33. The van der Waals surface area contributed by atoms with Crippen LogP contribution in [0.1, 0.15) is 26.3 Å². The van der Waals surface area contributed by atoms with Gasteiger partial charge in [0.25, 0.3) is 11.8 Å². The van der Waals surface area contributed by atoms with Crippen molar-refractivity contribution in [3.05, 3.63) is 94.5 Å². The topological polar surface area (TPSA) is 90.8 Å². The van der Waals surface area contributed by atoms with Crippen LogP contribution >= 0.6 is 11.6 Å². The minimum Gasteiger partial charge on any atom is -0.507 e. The zero-order valence-corrected chi connectivity index (χ0v) is 15.4. The van der Waals surface area contributed by atoms with Gasteiger partial charge in [0.15, 0.2) is 0 Å². The number of hydrogen-bond acceptors (Lipinski definition) is 4. The molecule has 6 nitrogen and oxygen atoms in total. The number of rotatable bonds is 5. The van der Waals surface area contributed by atoms with E-state index in [0.29, 0.717) is 21.8 Å². The summed E-state index contributed by atoms with van der Waals surface area (Å²) in [5, 5.41) is 16.6. The Morgan fingerprint density at radius 3 is 2.25 bits per heavy atom. The molecule has 0 aliphatic heterocycles. The van der Waals surface area contributed by atoms with Gasteiger partial charge in [0.05, 0.1) is 28.1 Å². The van der Waals surface area contributed by atoms with Gasteiger partial charge < -0.3 is 10.4 Å². The fourth-order valence-electron chi connectivity index (χ4n) is 2.44. The number of aromatic hydroxyl groups is 1. The molecule has 7 heteroatoms. The second kappa shape index (κ2) is 8.83. The molecule has 0 bridgehead atoms. The molecule has 140 valence electrons. The van der Waals surface area contributed by atoms with Crippen molar-refractivity contribution in [3.8, 4) is 5.75 Å². The lowest BCUT2D eigenvalue weighted by molar-refractivity contribution is 0.0956. The first-order valence-electron chi connectivity index (χ1n) is 8.32. The lowest BCUT2D eigenvalue weighted by atomic mass is 10.1. The van der Waals surface area contributed by atoms with E-state index < -0.39 is 11.8 Å². The Morgan fingerprint density at radius 2 is 1.50 bits per heavy atom. The molecule has 0 aromatic heterocycles. The minimum absolute atomic E-state index is 0.0490. The number of halogens is 1. The third-order valence-corrected chi connectivity index (χ3v) is 4.17. The highest BCUT2D eigenvalue weighted by atomic mass is 35.5. The normalized spacial score (nSPS) is 10.6. The predicted molar refractivity (Wildman–Crippen MR) is 109 cm³/mol. The van der Waals surface area contributed by atoms with Gasteiger partial charge in [-0.1, -0.05) is 48.0 Å². The monoisotopic (exact) mass is 393 g/mol. The maximum absolute atomic E-state index is 12.5. The molecule has 0 spiro atoms. The summed E-state index contributed by atoms with van der Waals surface area (Å²) in [7, 11) is 0. The van der Waals surface area contributed by atoms with Gasteiger partial charge in [-0.2, -0.15) is 5.10 Å². The number of phenols is 1. The van der Waals surface area contributed by atoms with E-state index in [2.05, 4.69) is 15.8 Å². The van der Waals surface area contributed by atoms with Gasteiger partial charge in [-0.05, 0) is 36.4 Å². The summed E-state index contributed by atoms with van der Waals surface area (Å²) < 4.78 is 0. The number of para-hydroxylation sites is 2. The van der Waals surface area contributed by atoms with Gasteiger partial charge in [0, 0.05) is 5.56 Å². The molecule has 0 heterocycles. The minimum atomic E-state index is -0.512. The molecule has 0 aliphatic rings. The van der Waals surface area contributed by atoms with Crippen LogP contribution in [0.4, 0.5) is 5.69 Å². The van der Waals surface area contributed by atoms with E-state index in [1.54, 1.807) is 66.7 Å². The number of carbonyl (C=O) groups excluding carboxylic acids is 2. The third kappa shape index (κ3) is 4.55. The molecule has 28 heavy (non-hydrogen) atoms. The van der Waals surface area contributed by atoms with Gasteiger partial charge in [-0.15, -0.1) is 0 Å². The van der Waals surface area contributed by atoms with Crippen molar-refractivity contribution in [2.45, 2.75) is 0 Å². The number of amides is 2. The van der Waals surface area contributed by atoms with Crippen LogP contribution in [-0.4, -0.2) is 23.1 Å². The highest BCUT2D eigenvalue weighted by molar-refractivity contribution is 6.34. The summed E-state index contributed by atoms with van der Waals surface area (Å²) in [5.74, 6) is -0.891. The second-order valence-electron chi connectivity index (χ2n) is 5.74. The van der Waals surface area contributed by atoms with Gasteiger partial charge in [-0.3, -0.25) is 9.59 Å². The molecule has 0 fully saturated rings. The first-order valence-corrected chi connectivity index (χ1v) is 8.70. The van der Waals surface area contributed by atoms with E-state index in [4.69, 9.17) is 11.6 Å². The van der Waals surface area contributed by atoms with Crippen molar-refractivity contribution in [3.63, 3.8) is 0 Å². The van der Waals surface area contributed by atoms with Crippen LogP contribution in [0.2, 0.25) is 5.02 Å². The summed E-state index contributed by atoms with van der Waals surface area (Å²) >= 11 is 6.05. The number of nitrogens with zero attached hydrogens (tertiary/aromatic N) is 1. The molecule has 3 aromatic carbocycles. The Labute approximate surface area is 166 Å². The van der Waals surface area contributed by atoms with E-state index in [1.165, 1.54) is 12.3 Å². The van der Waals surface area contributed by atoms with E-state index in [9.17, 15) is 14.7 Å². The van der Waals surface area contributed by atoms with Crippen LogP contribution in [0.5, 0.6) is 5.75 Å². The summed E-state index contributed by atoms with van der Waals surface area (Å²) in [6.45, 7) is 0. The summed E-state index contributed by atoms with van der Waals surface area (Å²) in [4.78, 5) is 24.9. The Balaban J connectivity index is 1.74. The van der Waals surface area contributed by atoms with E-state index in [-0.39, 0.29) is 11.3 Å². The van der Waals surface area contributed by atoms with E-state index in [1.807, 2.05) is 0 Å². The number of nitrogens with one attached hydrogen (secondary N) is 2. The SMILES string of the molecule is O=C(Nc1ccccc1C(=O)N/N=C\c1ccccc1O)c1ccccc1Cl. The smallest absolute Gasteiger partial charge is 0.273 e. The van der Waals surface area contributed by atoms with Crippen LogP contribution in [0, 0.1) is 0 Å². The lowest BCUT2D eigenvalue weighted by Crippen LogP contribution is -2.21. The molecule has 3 rings (SSSR count). The Morgan fingerprint density at radius 1 is 0.857 bits per heavy atom. The van der Waals surface area contributed by atoms with Gasteiger partial charge in [0.1, 0.15) is 5.75 Å². The van der Waals surface area contributed by atoms with Gasteiger partial charge in [-0.25, -0.2) is 5.43 Å². The standard InChI is InChI=1S/C21H16ClN3O3/c22-17-10-4-2-8-15(17)20(27)24-18-11-5-3-9-16(18)21(28)25-23-13-14-7-1-6-12-19(14)26/h1-13,26H,(H,24,27)(H,25,28)/b23-13-. The Kier molecular flexibility index (Phi) is 6.04. The Bertz CT molecular complexity index is 1050. The van der Waals surface area contributed by atoms with Crippen molar-refractivity contribution in [1.82, 2.24) is 5.43 Å². The number of anilines is 1. The molecule has 0 radical (unpaired) electrons. The number of carbonyl (C=O) groups is 2. The molecule has 0 saturated heterocycles. The molecule has 2 amide bonds. The number of phenolic OH excluding ortho intramolecular Hbond substituents is 1. The van der Waals surface area contributed by atoms with Crippen molar-refractivity contribution in [2.75, 3.05) is 5.32 Å². The summed E-state index contributed by atoms with van der Waals surface area (Å²) in [5.41, 5.74) is 3.70. The third-order valence-electron chi connectivity index (χ3n) is 3.84. The average Bonchev–Trinajstić information content (AvgIpc) is 2.70. The van der Waals surface area contributed by atoms with Gasteiger partial charge in [0.2, 0.25) is 0 Å². The lowest BCUT2D eigenvalue weighted by Gasteiger charge is -2.10. The van der Waals surface area contributed by atoms with Crippen LogP contribution in [-0.2, 0) is 0 Å².